The number of rotatable bonds is 10. The highest BCUT2D eigenvalue weighted by Gasteiger charge is 2.12. The van der Waals surface area contributed by atoms with Gasteiger partial charge in [0.05, 0.1) is 31.7 Å². The number of ether oxygens (including phenoxy) is 3. The number of nitrogens with zero attached hydrogens (tertiary/aromatic N) is 1. The summed E-state index contributed by atoms with van der Waals surface area (Å²) in [7, 11) is 2.88. The van der Waals surface area contributed by atoms with Gasteiger partial charge in [0, 0.05) is 13.0 Å². The van der Waals surface area contributed by atoms with E-state index in [4.69, 9.17) is 9.47 Å². The summed E-state index contributed by atoms with van der Waals surface area (Å²) in [5, 5.41) is 3.09. The number of aromatic amines is 1. The van der Waals surface area contributed by atoms with Gasteiger partial charge >= 0.3 is 5.97 Å². The SMILES string of the molecule is COC(=O)CCCCOc1cccc(CNC(=O)c2nc3ccc(OC)cc3c(=O)[nH]2)c1. The third-order valence-corrected chi connectivity index (χ3v) is 4.75. The van der Waals surface area contributed by atoms with Crippen LogP contribution in [0.3, 0.4) is 0 Å². The molecule has 0 saturated heterocycles. The van der Waals surface area contributed by atoms with Gasteiger partial charge in [0.25, 0.3) is 11.5 Å². The summed E-state index contributed by atoms with van der Waals surface area (Å²) >= 11 is 0. The first kappa shape index (κ1) is 22.8. The van der Waals surface area contributed by atoms with Crippen molar-refractivity contribution in [1.29, 1.82) is 0 Å². The van der Waals surface area contributed by atoms with Gasteiger partial charge in [0.2, 0.25) is 0 Å². The monoisotopic (exact) mass is 439 g/mol. The third kappa shape index (κ3) is 6.07. The Morgan fingerprint density at radius 1 is 1.06 bits per heavy atom. The first-order valence-corrected chi connectivity index (χ1v) is 10.1. The lowest BCUT2D eigenvalue weighted by molar-refractivity contribution is -0.140. The highest BCUT2D eigenvalue weighted by atomic mass is 16.5. The highest BCUT2D eigenvalue weighted by Crippen LogP contribution is 2.16. The molecule has 9 heteroatoms. The second-order valence-electron chi connectivity index (χ2n) is 7.01. The van der Waals surface area contributed by atoms with Crippen molar-refractivity contribution in [3.05, 3.63) is 64.2 Å². The van der Waals surface area contributed by atoms with Crippen LogP contribution in [0.25, 0.3) is 10.9 Å². The van der Waals surface area contributed by atoms with E-state index in [0.29, 0.717) is 41.9 Å². The predicted molar refractivity (Wildman–Crippen MR) is 118 cm³/mol. The van der Waals surface area contributed by atoms with E-state index in [1.165, 1.54) is 14.2 Å². The Labute approximate surface area is 184 Å². The van der Waals surface area contributed by atoms with Crippen LogP contribution in [0, 0.1) is 0 Å². The number of hydrogen-bond acceptors (Lipinski definition) is 7. The van der Waals surface area contributed by atoms with Crippen LogP contribution in [0.2, 0.25) is 0 Å². The lowest BCUT2D eigenvalue weighted by Gasteiger charge is -2.09. The number of unbranched alkanes of at least 4 members (excludes halogenated alkanes) is 1. The van der Waals surface area contributed by atoms with Crippen LogP contribution in [-0.2, 0) is 16.1 Å². The van der Waals surface area contributed by atoms with Crippen molar-refractivity contribution in [2.75, 3.05) is 20.8 Å². The van der Waals surface area contributed by atoms with Gasteiger partial charge in [-0.1, -0.05) is 12.1 Å². The topological polar surface area (TPSA) is 120 Å². The molecule has 168 valence electrons. The van der Waals surface area contributed by atoms with E-state index >= 15 is 0 Å². The Bertz CT molecular complexity index is 1160. The number of benzene rings is 2. The van der Waals surface area contributed by atoms with Crippen LogP contribution in [0.1, 0.15) is 35.4 Å². The van der Waals surface area contributed by atoms with Crippen molar-refractivity contribution < 1.29 is 23.8 Å². The molecule has 0 unspecified atom stereocenters. The maximum atomic E-state index is 12.5. The molecule has 3 aromatic rings. The van der Waals surface area contributed by atoms with Crippen molar-refractivity contribution >= 4 is 22.8 Å². The Hall–Kier alpha value is -3.88. The standard InChI is InChI=1S/C23H25N3O6/c1-30-16-9-10-19-18(13-16)22(28)26-21(25-19)23(29)24-14-15-6-5-7-17(12-15)32-11-4-3-8-20(27)31-2/h5-7,9-10,12-13H,3-4,8,11,14H2,1-2H3,(H,24,29)(H,25,26,28). The van der Waals surface area contributed by atoms with Crippen LogP contribution in [-0.4, -0.2) is 42.7 Å². The third-order valence-electron chi connectivity index (χ3n) is 4.75. The Kier molecular flexibility index (Phi) is 7.80. The summed E-state index contributed by atoms with van der Waals surface area (Å²) in [6, 6.07) is 12.2. The first-order chi connectivity index (χ1) is 15.5. The van der Waals surface area contributed by atoms with Gasteiger partial charge < -0.3 is 24.5 Å². The van der Waals surface area contributed by atoms with Crippen LogP contribution < -0.4 is 20.3 Å². The van der Waals surface area contributed by atoms with Crippen molar-refractivity contribution in [3.8, 4) is 11.5 Å². The van der Waals surface area contributed by atoms with Gasteiger partial charge in [0.1, 0.15) is 11.5 Å². The van der Waals surface area contributed by atoms with E-state index in [1.54, 1.807) is 18.2 Å². The van der Waals surface area contributed by atoms with E-state index < -0.39 is 11.5 Å². The van der Waals surface area contributed by atoms with E-state index in [1.807, 2.05) is 24.3 Å². The van der Waals surface area contributed by atoms with Crippen LogP contribution in [0.5, 0.6) is 11.5 Å². The predicted octanol–water partition coefficient (Wildman–Crippen LogP) is 2.58. The summed E-state index contributed by atoms with van der Waals surface area (Å²) in [4.78, 5) is 42.7. The zero-order chi connectivity index (χ0) is 22.9. The Morgan fingerprint density at radius 3 is 2.69 bits per heavy atom. The number of fused-ring (bicyclic) bond motifs is 1. The van der Waals surface area contributed by atoms with Crippen LogP contribution in [0.15, 0.2) is 47.3 Å². The molecule has 0 aliphatic heterocycles. The number of hydrogen-bond donors (Lipinski definition) is 2. The lowest BCUT2D eigenvalue weighted by Crippen LogP contribution is -2.27. The van der Waals surface area contributed by atoms with Crippen molar-refractivity contribution in [1.82, 2.24) is 15.3 Å². The van der Waals surface area contributed by atoms with Crippen LogP contribution in [0.4, 0.5) is 0 Å². The molecule has 0 aliphatic carbocycles. The van der Waals surface area contributed by atoms with Gasteiger partial charge in [-0.05, 0) is 48.7 Å². The molecule has 1 heterocycles. The summed E-state index contributed by atoms with van der Waals surface area (Å²) < 4.78 is 15.4. The molecule has 1 amide bonds. The molecule has 2 aromatic carbocycles. The number of aromatic nitrogens is 2. The molecular formula is C23H25N3O6. The molecule has 9 nitrogen and oxygen atoms in total. The molecule has 1 aromatic heterocycles. The molecule has 0 saturated carbocycles. The zero-order valence-electron chi connectivity index (χ0n) is 18.0. The molecule has 0 radical (unpaired) electrons. The van der Waals surface area contributed by atoms with Crippen molar-refractivity contribution in [3.63, 3.8) is 0 Å². The average Bonchev–Trinajstić information content (AvgIpc) is 2.82. The molecule has 32 heavy (non-hydrogen) atoms. The molecular weight excluding hydrogens is 414 g/mol. The van der Waals surface area contributed by atoms with Gasteiger partial charge in [-0.2, -0.15) is 0 Å². The molecule has 0 aliphatic rings. The van der Waals surface area contributed by atoms with Crippen LogP contribution >= 0.6 is 0 Å². The van der Waals surface area contributed by atoms with E-state index in [9.17, 15) is 14.4 Å². The number of carbonyl (C=O) groups excluding carboxylic acids is 2. The van der Waals surface area contributed by atoms with E-state index in [2.05, 4.69) is 20.0 Å². The molecule has 0 spiro atoms. The zero-order valence-corrected chi connectivity index (χ0v) is 18.0. The minimum Gasteiger partial charge on any atom is -0.497 e. The summed E-state index contributed by atoms with van der Waals surface area (Å²) in [6.07, 6.45) is 1.78. The smallest absolute Gasteiger partial charge is 0.305 e. The maximum absolute atomic E-state index is 12.5. The number of amides is 1. The first-order valence-electron chi connectivity index (χ1n) is 10.1. The summed E-state index contributed by atoms with van der Waals surface area (Å²) in [6.45, 7) is 0.711. The fourth-order valence-corrected chi connectivity index (χ4v) is 3.03. The van der Waals surface area contributed by atoms with E-state index in [0.717, 1.165) is 12.0 Å². The molecule has 0 fully saturated rings. The number of methoxy groups -OCH3 is 2. The molecule has 3 rings (SSSR count). The maximum Gasteiger partial charge on any atom is 0.305 e. The normalized spacial score (nSPS) is 10.6. The second-order valence-corrected chi connectivity index (χ2v) is 7.01. The average molecular weight is 439 g/mol. The molecule has 2 N–H and O–H groups in total. The number of H-pyrrole nitrogens is 1. The quantitative estimate of drug-likeness (QED) is 0.368. The molecule has 0 atom stereocenters. The Balaban J connectivity index is 1.56. The number of carbonyl (C=O) groups is 2. The lowest BCUT2D eigenvalue weighted by atomic mass is 10.2. The largest absolute Gasteiger partial charge is 0.497 e. The summed E-state index contributed by atoms with van der Waals surface area (Å²) in [5.41, 5.74) is 0.822. The minimum atomic E-state index is -0.492. The fourth-order valence-electron chi connectivity index (χ4n) is 3.03. The fraction of sp³-hybridized carbons (Fsp3) is 0.304. The van der Waals surface area contributed by atoms with Crippen molar-refractivity contribution in [2.24, 2.45) is 0 Å². The van der Waals surface area contributed by atoms with Crippen molar-refractivity contribution in [2.45, 2.75) is 25.8 Å². The summed E-state index contributed by atoms with van der Waals surface area (Å²) in [5.74, 6) is 0.415. The van der Waals surface area contributed by atoms with Gasteiger partial charge in [-0.25, -0.2) is 4.98 Å². The van der Waals surface area contributed by atoms with Gasteiger partial charge in [-0.15, -0.1) is 0 Å². The molecule has 0 bridgehead atoms. The minimum absolute atomic E-state index is 0.0642. The highest BCUT2D eigenvalue weighted by molar-refractivity contribution is 5.92. The van der Waals surface area contributed by atoms with Gasteiger partial charge in [0.15, 0.2) is 5.82 Å². The van der Waals surface area contributed by atoms with Gasteiger partial charge in [-0.3, -0.25) is 14.4 Å². The second kappa shape index (κ2) is 10.9. The Morgan fingerprint density at radius 2 is 1.91 bits per heavy atom. The number of nitrogens with one attached hydrogen (secondary N) is 2. The van der Waals surface area contributed by atoms with E-state index in [-0.39, 0.29) is 18.3 Å². The number of esters is 1.